The van der Waals surface area contributed by atoms with Crippen LogP contribution in [-0.4, -0.2) is 29.5 Å². The van der Waals surface area contributed by atoms with Gasteiger partial charge in [0.25, 0.3) is 0 Å². The Balaban J connectivity index is 1.77. The van der Waals surface area contributed by atoms with E-state index in [2.05, 4.69) is 40.3 Å². The van der Waals surface area contributed by atoms with Crippen LogP contribution in [0.1, 0.15) is 12.6 Å². The first-order valence-electron chi connectivity index (χ1n) is 6.79. The van der Waals surface area contributed by atoms with Crippen LogP contribution < -0.4 is 5.32 Å². The molecule has 3 heteroatoms. The summed E-state index contributed by atoms with van der Waals surface area (Å²) < 4.78 is 0. The number of aromatic nitrogens is 1. The molecule has 0 atom stereocenters. The second kappa shape index (κ2) is 7.54. The van der Waals surface area contributed by atoms with Crippen LogP contribution in [-0.2, 0) is 6.54 Å². The monoisotopic (exact) mass is 255 g/mol. The molecule has 0 radical (unpaired) electrons. The highest BCUT2D eigenvalue weighted by atomic mass is 15.1. The molecule has 1 N–H and O–H groups in total. The van der Waals surface area contributed by atoms with Crippen molar-refractivity contribution in [2.75, 3.05) is 25.0 Å². The van der Waals surface area contributed by atoms with Gasteiger partial charge in [0.05, 0.1) is 5.69 Å². The first-order valence-corrected chi connectivity index (χ1v) is 6.79. The fourth-order valence-electron chi connectivity index (χ4n) is 1.98. The fourth-order valence-corrected chi connectivity index (χ4v) is 1.98. The standard InChI is InChI=1S/C16H21N3/c1-2-19(14-16-10-6-7-11-17-16)13-12-18-15-8-4-3-5-9-15/h3-11,18H,2,12-14H2,1H3. The third-order valence-corrected chi connectivity index (χ3v) is 3.09. The molecule has 0 unspecified atom stereocenters. The number of para-hydroxylation sites is 1. The van der Waals surface area contributed by atoms with E-state index in [1.807, 2.05) is 36.5 Å². The van der Waals surface area contributed by atoms with Gasteiger partial charge in [-0.1, -0.05) is 31.2 Å². The van der Waals surface area contributed by atoms with Gasteiger partial charge in [-0.05, 0) is 30.8 Å². The van der Waals surface area contributed by atoms with Gasteiger partial charge in [0.15, 0.2) is 0 Å². The van der Waals surface area contributed by atoms with Crippen molar-refractivity contribution >= 4 is 5.69 Å². The first-order chi connectivity index (χ1) is 9.38. The van der Waals surface area contributed by atoms with Crippen molar-refractivity contribution in [3.63, 3.8) is 0 Å². The van der Waals surface area contributed by atoms with Crippen molar-refractivity contribution in [3.8, 4) is 0 Å². The number of nitrogens with zero attached hydrogens (tertiary/aromatic N) is 2. The zero-order chi connectivity index (χ0) is 13.3. The normalized spacial score (nSPS) is 10.6. The summed E-state index contributed by atoms with van der Waals surface area (Å²) in [5.74, 6) is 0. The SMILES string of the molecule is CCN(CCNc1ccccc1)Cc1ccccn1. The van der Waals surface area contributed by atoms with Gasteiger partial charge >= 0.3 is 0 Å². The fraction of sp³-hybridized carbons (Fsp3) is 0.312. The van der Waals surface area contributed by atoms with Crippen LogP contribution in [0.25, 0.3) is 0 Å². The van der Waals surface area contributed by atoms with Crippen LogP contribution in [0.2, 0.25) is 0 Å². The Hall–Kier alpha value is -1.87. The van der Waals surface area contributed by atoms with Gasteiger partial charge in [0, 0.05) is 31.5 Å². The molecule has 0 saturated carbocycles. The number of nitrogens with one attached hydrogen (secondary N) is 1. The Morgan fingerprint density at radius 2 is 1.84 bits per heavy atom. The third kappa shape index (κ3) is 4.72. The minimum atomic E-state index is 0.911. The summed E-state index contributed by atoms with van der Waals surface area (Å²) in [7, 11) is 0. The molecule has 0 spiro atoms. The topological polar surface area (TPSA) is 28.2 Å². The highest BCUT2D eigenvalue weighted by molar-refractivity contribution is 5.42. The van der Waals surface area contributed by atoms with E-state index in [-0.39, 0.29) is 0 Å². The predicted molar refractivity (Wildman–Crippen MR) is 80.1 cm³/mol. The average Bonchev–Trinajstić information content (AvgIpc) is 2.48. The lowest BCUT2D eigenvalue weighted by Gasteiger charge is -2.20. The molecule has 0 aliphatic rings. The van der Waals surface area contributed by atoms with Gasteiger partial charge in [0.2, 0.25) is 0 Å². The van der Waals surface area contributed by atoms with Crippen molar-refractivity contribution in [2.45, 2.75) is 13.5 Å². The summed E-state index contributed by atoms with van der Waals surface area (Å²) in [6, 6.07) is 16.4. The van der Waals surface area contributed by atoms with Gasteiger partial charge in [-0.3, -0.25) is 9.88 Å². The van der Waals surface area contributed by atoms with E-state index in [0.29, 0.717) is 0 Å². The summed E-state index contributed by atoms with van der Waals surface area (Å²) >= 11 is 0. The number of rotatable bonds is 7. The molecule has 0 fully saturated rings. The zero-order valence-electron chi connectivity index (χ0n) is 11.4. The Morgan fingerprint density at radius 1 is 1.05 bits per heavy atom. The number of pyridine rings is 1. The van der Waals surface area contributed by atoms with E-state index >= 15 is 0 Å². The maximum absolute atomic E-state index is 4.37. The summed E-state index contributed by atoms with van der Waals surface area (Å²) in [5.41, 5.74) is 2.31. The van der Waals surface area contributed by atoms with Gasteiger partial charge in [-0.25, -0.2) is 0 Å². The van der Waals surface area contributed by atoms with Crippen LogP contribution in [0, 0.1) is 0 Å². The minimum Gasteiger partial charge on any atom is -0.384 e. The molecular weight excluding hydrogens is 234 g/mol. The lowest BCUT2D eigenvalue weighted by Crippen LogP contribution is -2.28. The minimum absolute atomic E-state index is 0.911. The van der Waals surface area contributed by atoms with Gasteiger partial charge in [-0.15, -0.1) is 0 Å². The van der Waals surface area contributed by atoms with Crippen LogP contribution in [0.4, 0.5) is 5.69 Å². The molecule has 3 nitrogen and oxygen atoms in total. The van der Waals surface area contributed by atoms with E-state index in [1.165, 1.54) is 5.69 Å². The van der Waals surface area contributed by atoms with Crippen LogP contribution in [0.5, 0.6) is 0 Å². The van der Waals surface area contributed by atoms with Crippen LogP contribution >= 0.6 is 0 Å². The van der Waals surface area contributed by atoms with E-state index in [4.69, 9.17) is 0 Å². The van der Waals surface area contributed by atoms with Crippen molar-refractivity contribution in [1.82, 2.24) is 9.88 Å². The quantitative estimate of drug-likeness (QED) is 0.824. The van der Waals surface area contributed by atoms with Gasteiger partial charge in [-0.2, -0.15) is 0 Å². The highest BCUT2D eigenvalue weighted by Gasteiger charge is 2.03. The van der Waals surface area contributed by atoms with E-state index in [9.17, 15) is 0 Å². The highest BCUT2D eigenvalue weighted by Crippen LogP contribution is 2.05. The largest absolute Gasteiger partial charge is 0.384 e. The molecule has 0 aliphatic carbocycles. The van der Waals surface area contributed by atoms with Gasteiger partial charge < -0.3 is 5.32 Å². The number of anilines is 1. The molecule has 0 bridgehead atoms. The summed E-state index contributed by atoms with van der Waals surface area (Å²) in [4.78, 5) is 6.76. The second-order valence-corrected chi connectivity index (χ2v) is 4.48. The molecule has 2 aromatic rings. The maximum Gasteiger partial charge on any atom is 0.0543 e. The molecule has 0 amide bonds. The Kier molecular flexibility index (Phi) is 5.38. The smallest absolute Gasteiger partial charge is 0.0543 e. The second-order valence-electron chi connectivity index (χ2n) is 4.48. The van der Waals surface area contributed by atoms with Crippen LogP contribution in [0.3, 0.4) is 0 Å². The molecule has 19 heavy (non-hydrogen) atoms. The Bertz CT molecular complexity index is 456. The molecular formula is C16H21N3. The lowest BCUT2D eigenvalue weighted by atomic mass is 10.3. The molecule has 0 aliphatic heterocycles. The molecule has 0 saturated heterocycles. The lowest BCUT2D eigenvalue weighted by molar-refractivity contribution is 0.287. The van der Waals surface area contributed by atoms with Gasteiger partial charge in [0.1, 0.15) is 0 Å². The van der Waals surface area contributed by atoms with E-state index in [1.54, 1.807) is 0 Å². The number of benzene rings is 1. The first kappa shape index (κ1) is 13.6. The molecule has 1 aromatic carbocycles. The average molecular weight is 255 g/mol. The predicted octanol–water partition coefficient (Wildman–Crippen LogP) is 3.02. The molecule has 100 valence electrons. The Labute approximate surface area is 115 Å². The maximum atomic E-state index is 4.37. The van der Waals surface area contributed by atoms with Crippen molar-refractivity contribution in [3.05, 3.63) is 60.4 Å². The van der Waals surface area contributed by atoms with Crippen LogP contribution in [0.15, 0.2) is 54.7 Å². The van der Waals surface area contributed by atoms with Crippen molar-refractivity contribution < 1.29 is 0 Å². The van der Waals surface area contributed by atoms with E-state index < -0.39 is 0 Å². The summed E-state index contributed by atoms with van der Waals surface area (Å²) in [5, 5.41) is 3.43. The molecule has 1 heterocycles. The van der Waals surface area contributed by atoms with Crippen molar-refractivity contribution in [2.24, 2.45) is 0 Å². The number of hydrogen-bond acceptors (Lipinski definition) is 3. The third-order valence-electron chi connectivity index (χ3n) is 3.09. The Morgan fingerprint density at radius 3 is 2.53 bits per heavy atom. The van der Waals surface area contributed by atoms with E-state index in [0.717, 1.165) is 31.9 Å². The van der Waals surface area contributed by atoms with Crippen molar-refractivity contribution in [1.29, 1.82) is 0 Å². The number of hydrogen-bond donors (Lipinski definition) is 1. The summed E-state index contributed by atoms with van der Waals surface area (Å²) in [6.07, 6.45) is 1.85. The number of likely N-dealkylation sites (N-methyl/N-ethyl adjacent to an activating group) is 1. The summed E-state index contributed by atoms with van der Waals surface area (Å²) in [6.45, 7) is 6.10. The zero-order valence-corrected chi connectivity index (χ0v) is 11.4. The molecule has 1 aromatic heterocycles. The molecule has 2 rings (SSSR count).